The number of hydrogen-bond donors (Lipinski definition) is 0. The molecule has 162 valence electrons. The van der Waals surface area contributed by atoms with E-state index in [0.29, 0.717) is 28.2 Å². The number of aryl methyl sites for hydroxylation is 1. The Morgan fingerprint density at radius 3 is 1.97 bits per heavy atom. The zero-order valence-electron chi connectivity index (χ0n) is 18.1. The molecule has 32 heavy (non-hydrogen) atoms. The third-order valence-corrected chi connectivity index (χ3v) is 6.40. The normalized spacial score (nSPS) is 11.3. The van der Waals surface area contributed by atoms with Crippen molar-refractivity contribution in [3.05, 3.63) is 96.1 Å². The topological polar surface area (TPSA) is 72.3 Å². The van der Waals surface area contributed by atoms with Crippen LogP contribution in [0.2, 0.25) is 0 Å². The molecule has 0 aliphatic carbocycles. The van der Waals surface area contributed by atoms with Crippen LogP contribution in [0.25, 0.3) is 22.6 Å². The van der Waals surface area contributed by atoms with Crippen LogP contribution in [-0.2, 0) is 10.0 Å². The van der Waals surface area contributed by atoms with E-state index < -0.39 is 10.0 Å². The van der Waals surface area contributed by atoms with Crippen LogP contribution in [0.4, 0.5) is 5.82 Å². The van der Waals surface area contributed by atoms with E-state index in [1.54, 1.807) is 24.3 Å². The third-order valence-electron chi connectivity index (χ3n) is 5.24. The Balaban J connectivity index is 2.09. The molecule has 0 saturated carbocycles. The summed E-state index contributed by atoms with van der Waals surface area (Å²) in [5.74, 6) is 0.280. The first-order valence-electron chi connectivity index (χ1n) is 10.1. The highest BCUT2D eigenvalue weighted by Gasteiger charge is 2.29. The van der Waals surface area contributed by atoms with E-state index in [9.17, 15) is 13.2 Å². The maximum absolute atomic E-state index is 13.7. The Bertz CT molecular complexity index is 1360. The van der Waals surface area contributed by atoms with Crippen molar-refractivity contribution in [3.63, 3.8) is 0 Å². The second-order valence-corrected chi connectivity index (χ2v) is 9.59. The first kappa shape index (κ1) is 21.5. The summed E-state index contributed by atoms with van der Waals surface area (Å²) in [5.41, 5.74) is 3.36. The Morgan fingerprint density at radius 2 is 1.41 bits per heavy atom. The van der Waals surface area contributed by atoms with Crippen molar-refractivity contribution in [2.75, 3.05) is 17.6 Å². The van der Waals surface area contributed by atoms with Crippen molar-refractivity contribution >= 4 is 21.7 Å². The summed E-state index contributed by atoms with van der Waals surface area (Å²) >= 11 is 0. The van der Waals surface area contributed by atoms with Gasteiger partial charge in [0.15, 0.2) is 5.82 Å². The predicted octanol–water partition coefficient (Wildman–Crippen LogP) is 4.61. The standard InChI is InChI=1S/C25H23N3O3S/c1-18-14-16-20(17-15-18)23-26-24(27(2)32(3,30)31)22(19-10-6-4-7-11-19)28(23)25(29)21-12-8-5-9-13-21/h4-17H,1-3H3. The van der Waals surface area contributed by atoms with Gasteiger partial charge in [0.1, 0.15) is 11.5 Å². The van der Waals surface area contributed by atoms with Gasteiger partial charge >= 0.3 is 0 Å². The number of carbonyl (C=O) groups is 1. The molecule has 0 N–H and O–H groups in total. The van der Waals surface area contributed by atoms with Crippen molar-refractivity contribution in [2.45, 2.75) is 6.92 Å². The fourth-order valence-corrected chi connectivity index (χ4v) is 3.89. The van der Waals surface area contributed by atoms with Crippen LogP contribution in [0.1, 0.15) is 15.9 Å². The minimum Gasteiger partial charge on any atom is -0.268 e. The molecule has 1 aromatic heterocycles. The van der Waals surface area contributed by atoms with E-state index in [-0.39, 0.29) is 11.7 Å². The molecule has 0 amide bonds. The number of benzene rings is 3. The van der Waals surface area contributed by atoms with Gasteiger partial charge in [-0.25, -0.2) is 13.4 Å². The molecule has 0 atom stereocenters. The van der Waals surface area contributed by atoms with Crippen molar-refractivity contribution in [1.29, 1.82) is 0 Å². The van der Waals surface area contributed by atoms with Crippen molar-refractivity contribution < 1.29 is 13.2 Å². The third kappa shape index (κ3) is 4.07. The zero-order chi connectivity index (χ0) is 22.9. The number of anilines is 1. The molecule has 4 aromatic rings. The van der Waals surface area contributed by atoms with Crippen LogP contribution in [0.15, 0.2) is 84.9 Å². The Labute approximate surface area is 187 Å². The van der Waals surface area contributed by atoms with Gasteiger partial charge in [-0.1, -0.05) is 78.4 Å². The molecular weight excluding hydrogens is 422 g/mol. The van der Waals surface area contributed by atoms with Crippen molar-refractivity contribution in [1.82, 2.24) is 9.55 Å². The van der Waals surface area contributed by atoms with Crippen LogP contribution in [0.5, 0.6) is 0 Å². The summed E-state index contributed by atoms with van der Waals surface area (Å²) in [4.78, 5) is 18.4. The quantitative estimate of drug-likeness (QED) is 0.450. The van der Waals surface area contributed by atoms with E-state index in [1.807, 2.05) is 67.6 Å². The summed E-state index contributed by atoms with van der Waals surface area (Å²) in [6.45, 7) is 1.98. The fourth-order valence-electron chi connectivity index (χ4n) is 3.44. The van der Waals surface area contributed by atoms with Gasteiger partial charge in [0.25, 0.3) is 5.91 Å². The van der Waals surface area contributed by atoms with E-state index in [4.69, 9.17) is 0 Å². The number of carbonyl (C=O) groups excluding carboxylic acids is 1. The number of aromatic nitrogens is 2. The average molecular weight is 446 g/mol. The van der Waals surface area contributed by atoms with Gasteiger partial charge in [-0.15, -0.1) is 0 Å². The molecule has 0 aliphatic heterocycles. The first-order valence-corrected chi connectivity index (χ1v) is 11.9. The molecule has 0 spiro atoms. The maximum atomic E-state index is 13.7. The largest absolute Gasteiger partial charge is 0.268 e. The molecule has 0 bridgehead atoms. The SMILES string of the molecule is Cc1ccc(-c2nc(N(C)S(C)(=O)=O)c(-c3ccccc3)n2C(=O)c2ccccc2)cc1. The van der Waals surface area contributed by atoms with E-state index in [2.05, 4.69) is 4.98 Å². The van der Waals surface area contributed by atoms with Gasteiger partial charge in [0.05, 0.1) is 6.26 Å². The first-order chi connectivity index (χ1) is 15.3. The lowest BCUT2D eigenvalue weighted by atomic mass is 10.1. The summed E-state index contributed by atoms with van der Waals surface area (Å²) in [7, 11) is -2.18. The Kier molecular flexibility index (Phi) is 5.67. The second-order valence-electron chi connectivity index (χ2n) is 7.58. The molecule has 1 heterocycles. The highest BCUT2D eigenvalue weighted by molar-refractivity contribution is 7.92. The van der Waals surface area contributed by atoms with Crippen molar-refractivity contribution in [2.24, 2.45) is 0 Å². The second kappa shape index (κ2) is 8.43. The van der Waals surface area contributed by atoms with E-state index >= 15 is 0 Å². The van der Waals surface area contributed by atoms with Crippen LogP contribution >= 0.6 is 0 Å². The van der Waals surface area contributed by atoms with Gasteiger partial charge in [-0.2, -0.15) is 0 Å². The van der Waals surface area contributed by atoms with Gasteiger partial charge in [0.2, 0.25) is 10.0 Å². The molecule has 6 nitrogen and oxygen atoms in total. The molecule has 0 saturated heterocycles. The van der Waals surface area contributed by atoms with Crippen molar-refractivity contribution in [3.8, 4) is 22.6 Å². The van der Waals surface area contributed by atoms with E-state index in [1.165, 1.54) is 11.6 Å². The zero-order valence-corrected chi connectivity index (χ0v) is 18.9. The minimum absolute atomic E-state index is 0.193. The van der Waals surface area contributed by atoms with Crippen LogP contribution in [0, 0.1) is 6.92 Å². The highest BCUT2D eigenvalue weighted by atomic mass is 32.2. The smallest absolute Gasteiger partial charge is 0.264 e. The highest BCUT2D eigenvalue weighted by Crippen LogP contribution is 2.36. The molecule has 0 unspecified atom stereocenters. The lowest BCUT2D eigenvalue weighted by Gasteiger charge is -2.17. The molecule has 0 aliphatic rings. The molecule has 4 rings (SSSR count). The Morgan fingerprint density at radius 1 is 0.844 bits per heavy atom. The van der Waals surface area contributed by atoms with Gasteiger partial charge in [-0.3, -0.25) is 13.7 Å². The lowest BCUT2D eigenvalue weighted by Crippen LogP contribution is -2.26. The van der Waals surface area contributed by atoms with Gasteiger partial charge in [0, 0.05) is 23.7 Å². The van der Waals surface area contributed by atoms with Crippen LogP contribution < -0.4 is 4.31 Å². The summed E-state index contributed by atoms with van der Waals surface area (Å²) in [6, 6.07) is 25.7. The van der Waals surface area contributed by atoms with Gasteiger partial charge < -0.3 is 0 Å². The average Bonchev–Trinajstić information content (AvgIpc) is 3.19. The monoisotopic (exact) mass is 445 g/mol. The fraction of sp³-hybridized carbons (Fsp3) is 0.120. The maximum Gasteiger partial charge on any atom is 0.264 e. The van der Waals surface area contributed by atoms with Crippen LogP contribution in [0.3, 0.4) is 0 Å². The summed E-state index contributed by atoms with van der Waals surface area (Å²) < 4.78 is 27.5. The predicted molar refractivity (Wildman–Crippen MR) is 127 cm³/mol. The minimum atomic E-state index is -3.62. The lowest BCUT2D eigenvalue weighted by molar-refractivity contribution is 0.0963. The summed E-state index contributed by atoms with van der Waals surface area (Å²) in [5, 5.41) is 0. The number of nitrogens with zero attached hydrogens (tertiary/aromatic N) is 3. The molecule has 7 heteroatoms. The Hall–Kier alpha value is -3.71. The number of imidazole rings is 1. The summed E-state index contributed by atoms with van der Waals surface area (Å²) in [6.07, 6.45) is 1.12. The van der Waals surface area contributed by atoms with E-state index in [0.717, 1.165) is 16.1 Å². The molecular formula is C25H23N3O3S. The number of sulfonamides is 1. The van der Waals surface area contributed by atoms with Crippen LogP contribution in [-0.4, -0.2) is 37.2 Å². The molecule has 0 fully saturated rings. The number of hydrogen-bond acceptors (Lipinski definition) is 4. The molecule has 3 aromatic carbocycles. The number of rotatable bonds is 5. The van der Waals surface area contributed by atoms with Gasteiger partial charge in [-0.05, 0) is 19.1 Å². The molecule has 0 radical (unpaired) electrons.